The van der Waals surface area contributed by atoms with Crippen molar-refractivity contribution in [3.05, 3.63) is 30.3 Å². The van der Waals surface area contributed by atoms with Crippen LogP contribution in [0.2, 0.25) is 0 Å². The van der Waals surface area contributed by atoms with Crippen LogP contribution in [0.1, 0.15) is 26.7 Å². The molecule has 110 valence electrons. The van der Waals surface area contributed by atoms with Crippen LogP contribution in [0.4, 0.5) is 5.69 Å². The molecule has 1 atom stereocenters. The number of unbranched alkanes of at least 4 members (excludes halogenated alkanes) is 1. The highest BCUT2D eigenvalue weighted by molar-refractivity contribution is 7.80. The van der Waals surface area contributed by atoms with E-state index in [0.717, 1.165) is 18.5 Å². The Morgan fingerprint density at radius 3 is 2.45 bits per heavy atom. The Labute approximate surface area is 126 Å². The topological polar surface area (TPSA) is 49.4 Å². The molecule has 0 aliphatic rings. The fraction of sp³-hybridized carbons (Fsp3) is 0.467. The maximum absolute atomic E-state index is 12.6. The Morgan fingerprint density at radius 2 is 1.95 bits per heavy atom. The van der Waals surface area contributed by atoms with Gasteiger partial charge in [0.05, 0.1) is 0 Å². The number of carbonyl (C=O) groups is 2. The highest BCUT2D eigenvalue weighted by Gasteiger charge is 2.24. The highest BCUT2D eigenvalue weighted by Crippen LogP contribution is 2.16. The van der Waals surface area contributed by atoms with Crippen LogP contribution < -0.4 is 10.2 Å². The van der Waals surface area contributed by atoms with Crippen molar-refractivity contribution in [1.29, 1.82) is 0 Å². The summed E-state index contributed by atoms with van der Waals surface area (Å²) in [5, 5.41) is 2.65. The minimum Gasteiger partial charge on any atom is -0.344 e. The number of benzene rings is 1. The molecule has 4 nitrogen and oxygen atoms in total. The van der Waals surface area contributed by atoms with Crippen LogP contribution in [0.5, 0.6) is 0 Å². The molecule has 0 spiro atoms. The summed E-state index contributed by atoms with van der Waals surface area (Å²) < 4.78 is 0. The van der Waals surface area contributed by atoms with Crippen molar-refractivity contribution >= 4 is 30.1 Å². The van der Waals surface area contributed by atoms with Crippen LogP contribution in [-0.4, -0.2) is 30.2 Å². The van der Waals surface area contributed by atoms with Gasteiger partial charge < -0.3 is 10.2 Å². The number of para-hydroxylation sites is 1. The van der Waals surface area contributed by atoms with E-state index in [1.807, 2.05) is 30.3 Å². The minimum absolute atomic E-state index is 0.116. The molecule has 0 aliphatic heterocycles. The molecule has 0 radical (unpaired) electrons. The molecule has 20 heavy (non-hydrogen) atoms. The van der Waals surface area contributed by atoms with Crippen LogP contribution >= 0.6 is 12.6 Å². The zero-order valence-electron chi connectivity index (χ0n) is 12.0. The van der Waals surface area contributed by atoms with E-state index in [1.165, 1.54) is 6.92 Å². The second-order valence-corrected chi connectivity index (χ2v) is 4.98. The predicted octanol–water partition coefficient (Wildman–Crippen LogP) is 2.25. The quantitative estimate of drug-likeness (QED) is 0.758. The third-order valence-electron chi connectivity index (χ3n) is 2.93. The lowest BCUT2D eigenvalue weighted by molar-refractivity contribution is -0.125. The Bertz CT molecular complexity index is 437. The second-order valence-electron chi connectivity index (χ2n) is 4.61. The van der Waals surface area contributed by atoms with Crippen LogP contribution in [0.3, 0.4) is 0 Å². The summed E-state index contributed by atoms with van der Waals surface area (Å²) in [5.74, 6) is -0.0517. The molecular weight excluding hydrogens is 272 g/mol. The number of hydrogen-bond donors (Lipinski definition) is 2. The molecule has 0 saturated heterocycles. The number of anilines is 1. The van der Waals surface area contributed by atoms with Gasteiger partial charge in [0, 0.05) is 24.9 Å². The Hall–Kier alpha value is -1.49. The normalized spacial score (nSPS) is 11.8. The second kappa shape index (κ2) is 8.64. The molecule has 0 fully saturated rings. The molecule has 0 bridgehead atoms. The van der Waals surface area contributed by atoms with Gasteiger partial charge in [-0.15, -0.1) is 0 Å². The van der Waals surface area contributed by atoms with Gasteiger partial charge in [-0.25, -0.2) is 0 Å². The monoisotopic (exact) mass is 294 g/mol. The number of amides is 2. The number of nitrogens with zero attached hydrogens (tertiary/aromatic N) is 1. The van der Waals surface area contributed by atoms with Crippen LogP contribution in [0.15, 0.2) is 30.3 Å². The van der Waals surface area contributed by atoms with Gasteiger partial charge in [0.1, 0.15) is 6.04 Å². The van der Waals surface area contributed by atoms with Crippen LogP contribution in [0.25, 0.3) is 0 Å². The first-order valence-corrected chi connectivity index (χ1v) is 7.47. The molecule has 0 aliphatic carbocycles. The van der Waals surface area contributed by atoms with E-state index in [4.69, 9.17) is 0 Å². The van der Waals surface area contributed by atoms with Gasteiger partial charge in [0.15, 0.2) is 0 Å². The van der Waals surface area contributed by atoms with Gasteiger partial charge in [-0.1, -0.05) is 31.5 Å². The molecule has 0 saturated carbocycles. The maximum Gasteiger partial charge on any atom is 0.250 e. The number of nitrogens with one attached hydrogen (secondary N) is 1. The SMILES string of the molecule is CCCCN(C(=O)C(CS)NC(C)=O)c1ccccc1. The van der Waals surface area contributed by atoms with Gasteiger partial charge in [0.25, 0.3) is 0 Å². The lowest BCUT2D eigenvalue weighted by Crippen LogP contribution is -2.49. The standard InChI is InChI=1S/C15H22N2O2S/c1-3-4-10-17(13-8-6-5-7-9-13)15(19)14(11-20)16-12(2)18/h5-9,14,20H,3-4,10-11H2,1-2H3,(H,16,18). The van der Waals surface area contributed by atoms with Crippen molar-refractivity contribution in [2.75, 3.05) is 17.2 Å². The third kappa shape index (κ3) is 4.89. The summed E-state index contributed by atoms with van der Waals surface area (Å²) in [7, 11) is 0. The summed E-state index contributed by atoms with van der Waals surface area (Å²) in [5.41, 5.74) is 0.850. The fourth-order valence-corrected chi connectivity index (χ4v) is 2.16. The van der Waals surface area contributed by atoms with Crippen molar-refractivity contribution in [3.8, 4) is 0 Å². The summed E-state index contributed by atoms with van der Waals surface area (Å²) in [6.45, 7) is 4.13. The van der Waals surface area contributed by atoms with E-state index in [9.17, 15) is 9.59 Å². The molecule has 1 N–H and O–H groups in total. The van der Waals surface area contributed by atoms with Gasteiger partial charge in [-0.2, -0.15) is 12.6 Å². The summed E-state index contributed by atoms with van der Waals surface area (Å²) in [6, 6.07) is 8.92. The van der Waals surface area contributed by atoms with E-state index in [0.29, 0.717) is 6.54 Å². The van der Waals surface area contributed by atoms with Crippen molar-refractivity contribution in [3.63, 3.8) is 0 Å². The van der Waals surface area contributed by atoms with Gasteiger partial charge in [-0.3, -0.25) is 9.59 Å². The maximum atomic E-state index is 12.6. The number of hydrogen-bond acceptors (Lipinski definition) is 3. The number of rotatable bonds is 7. The van der Waals surface area contributed by atoms with Gasteiger partial charge >= 0.3 is 0 Å². The highest BCUT2D eigenvalue weighted by atomic mass is 32.1. The van der Waals surface area contributed by atoms with Gasteiger partial charge in [-0.05, 0) is 18.6 Å². The van der Waals surface area contributed by atoms with E-state index in [1.54, 1.807) is 4.90 Å². The molecule has 2 amide bonds. The average Bonchev–Trinajstić information content (AvgIpc) is 2.45. The molecule has 1 aromatic rings. The zero-order valence-corrected chi connectivity index (χ0v) is 12.9. The van der Waals surface area contributed by atoms with Crippen molar-refractivity contribution in [2.45, 2.75) is 32.7 Å². The Balaban J connectivity index is 2.91. The molecular formula is C15H22N2O2S. The van der Waals surface area contributed by atoms with E-state index in [2.05, 4.69) is 24.9 Å². The predicted molar refractivity (Wildman–Crippen MR) is 85.2 cm³/mol. The first-order valence-electron chi connectivity index (χ1n) is 6.84. The summed E-state index contributed by atoms with van der Waals surface area (Å²) >= 11 is 4.17. The van der Waals surface area contributed by atoms with Crippen molar-refractivity contribution < 1.29 is 9.59 Å². The zero-order chi connectivity index (χ0) is 15.0. The van der Waals surface area contributed by atoms with E-state index < -0.39 is 6.04 Å². The molecule has 1 unspecified atom stereocenters. The molecule has 0 heterocycles. The third-order valence-corrected chi connectivity index (χ3v) is 3.29. The molecule has 1 aromatic carbocycles. The first kappa shape index (κ1) is 16.6. The molecule has 0 aromatic heterocycles. The van der Waals surface area contributed by atoms with Crippen molar-refractivity contribution in [2.24, 2.45) is 0 Å². The number of carbonyl (C=O) groups excluding carboxylic acids is 2. The van der Waals surface area contributed by atoms with E-state index >= 15 is 0 Å². The lowest BCUT2D eigenvalue weighted by Gasteiger charge is -2.27. The molecule has 5 heteroatoms. The summed E-state index contributed by atoms with van der Waals surface area (Å²) in [4.78, 5) is 25.5. The lowest BCUT2D eigenvalue weighted by atomic mass is 10.2. The minimum atomic E-state index is -0.590. The van der Waals surface area contributed by atoms with Gasteiger partial charge in [0.2, 0.25) is 11.8 Å². The van der Waals surface area contributed by atoms with Crippen LogP contribution in [0, 0.1) is 0 Å². The Morgan fingerprint density at radius 1 is 1.30 bits per heavy atom. The molecule has 1 rings (SSSR count). The summed E-state index contributed by atoms with van der Waals surface area (Å²) in [6.07, 6.45) is 1.92. The Kier molecular flexibility index (Phi) is 7.15. The smallest absolute Gasteiger partial charge is 0.250 e. The van der Waals surface area contributed by atoms with Crippen molar-refractivity contribution in [1.82, 2.24) is 5.32 Å². The first-order chi connectivity index (χ1) is 9.60. The van der Waals surface area contributed by atoms with E-state index in [-0.39, 0.29) is 17.6 Å². The fourth-order valence-electron chi connectivity index (χ4n) is 1.91. The van der Waals surface area contributed by atoms with Crippen LogP contribution in [-0.2, 0) is 9.59 Å². The largest absolute Gasteiger partial charge is 0.344 e. The average molecular weight is 294 g/mol. The number of thiol groups is 1.